The van der Waals surface area contributed by atoms with Crippen molar-refractivity contribution in [3.05, 3.63) is 81.8 Å². The van der Waals surface area contributed by atoms with E-state index < -0.39 is 0 Å². The summed E-state index contributed by atoms with van der Waals surface area (Å²) in [5.41, 5.74) is 2.90. The molecule has 4 heterocycles. The molecule has 8 heteroatoms. The van der Waals surface area contributed by atoms with Gasteiger partial charge in [0, 0.05) is 24.0 Å². The fraction of sp³-hybridized carbons (Fsp3) is 0.304. The number of halogens is 1. The Kier molecular flexibility index (Phi) is 5.53. The first kappa shape index (κ1) is 19.9. The van der Waals surface area contributed by atoms with Crippen LogP contribution in [0.1, 0.15) is 29.9 Å². The Morgan fingerprint density at radius 2 is 1.90 bits per heavy atom. The molecule has 1 fully saturated rings. The second-order valence-corrected chi connectivity index (χ2v) is 8.41. The van der Waals surface area contributed by atoms with Crippen LogP contribution in [-0.2, 0) is 6.42 Å². The van der Waals surface area contributed by atoms with Crippen LogP contribution in [0.2, 0.25) is 5.02 Å². The van der Waals surface area contributed by atoms with Crippen molar-refractivity contribution in [2.45, 2.75) is 25.2 Å². The van der Waals surface area contributed by atoms with Crippen LogP contribution in [0.5, 0.6) is 0 Å². The lowest BCUT2D eigenvalue weighted by molar-refractivity contribution is 0.214. The minimum Gasteiger partial charge on any atom is -0.313 e. The van der Waals surface area contributed by atoms with E-state index >= 15 is 0 Å². The third-order valence-electron chi connectivity index (χ3n) is 6.04. The molecule has 1 aliphatic rings. The Morgan fingerprint density at radius 3 is 2.71 bits per heavy atom. The zero-order chi connectivity index (χ0) is 21.2. The summed E-state index contributed by atoms with van der Waals surface area (Å²) in [5.74, 6) is 1.18. The second kappa shape index (κ2) is 8.61. The highest BCUT2D eigenvalue weighted by Gasteiger charge is 2.20. The summed E-state index contributed by atoms with van der Waals surface area (Å²) in [7, 11) is 0. The molecule has 0 amide bonds. The van der Waals surface area contributed by atoms with E-state index in [1.807, 2.05) is 24.5 Å². The molecule has 158 valence electrons. The average Bonchev–Trinajstić information content (AvgIpc) is 3.27. The Hall–Kier alpha value is -3.03. The van der Waals surface area contributed by atoms with Gasteiger partial charge in [-0.2, -0.15) is 5.10 Å². The molecule has 1 aliphatic heterocycles. The highest BCUT2D eigenvalue weighted by molar-refractivity contribution is 6.30. The molecule has 1 saturated heterocycles. The highest BCUT2D eigenvalue weighted by atomic mass is 35.5. The number of nitrogens with zero attached hydrogens (tertiary/aromatic N) is 5. The fourth-order valence-corrected chi connectivity index (χ4v) is 4.40. The molecule has 4 aromatic rings. The van der Waals surface area contributed by atoms with Crippen LogP contribution in [0.25, 0.3) is 16.7 Å². The topological polar surface area (TPSA) is 79.7 Å². The number of piperidine rings is 1. The number of aromatic amines is 1. The largest absolute Gasteiger partial charge is 0.313 e. The minimum atomic E-state index is -0.178. The van der Waals surface area contributed by atoms with Gasteiger partial charge in [0.2, 0.25) is 0 Å². The van der Waals surface area contributed by atoms with E-state index in [1.165, 1.54) is 24.7 Å². The van der Waals surface area contributed by atoms with E-state index in [-0.39, 0.29) is 5.56 Å². The minimum absolute atomic E-state index is 0.178. The van der Waals surface area contributed by atoms with Gasteiger partial charge in [-0.05, 0) is 67.6 Å². The molecule has 0 unspecified atom stereocenters. The van der Waals surface area contributed by atoms with Crippen molar-refractivity contribution < 1.29 is 0 Å². The van der Waals surface area contributed by atoms with Crippen LogP contribution < -0.4 is 5.56 Å². The van der Waals surface area contributed by atoms with Gasteiger partial charge >= 0.3 is 0 Å². The number of aromatic nitrogens is 5. The number of fused-ring (bicyclic) bond motifs is 1. The Balaban J connectivity index is 1.21. The van der Waals surface area contributed by atoms with Gasteiger partial charge in [-0.15, -0.1) is 0 Å². The van der Waals surface area contributed by atoms with Crippen LogP contribution in [0.4, 0.5) is 0 Å². The molecule has 1 N–H and O–H groups in total. The number of rotatable bonds is 5. The average molecular weight is 435 g/mol. The van der Waals surface area contributed by atoms with Crippen molar-refractivity contribution in [2.24, 2.45) is 0 Å². The Bertz CT molecular complexity index is 1240. The molecular formula is C23H23ClN6O. The van der Waals surface area contributed by atoms with Crippen molar-refractivity contribution in [1.82, 2.24) is 29.6 Å². The lowest BCUT2D eigenvalue weighted by atomic mass is 9.89. The number of hydrogen-bond acceptors (Lipinski definition) is 5. The summed E-state index contributed by atoms with van der Waals surface area (Å²) < 4.78 is 1.71. The number of likely N-dealkylation sites (tertiary alicyclic amines) is 1. The standard InChI is InChI=1S/C23H23ClN6O/c24-19-3-1-17(2-4-19)18-7-11-29(12-8-18)10-6-16-13-28-30(14-16)22-21-20(5-9-25-22)23(31)27-15-26-21/h1-5,9,13-15,18H,6-8,10-12H2,(H,26,27,31). The number of pyridine rings is 1. The molecule has 1 aromatic carbocycles. The molecule has 5 rings (SSSR count). The number of nitrogens with one attached hydrogen (secondary N) is 1. The van der Waals surface area contributed by atoms with Gasteiger partial charge in [0.15, 0.2) is 5.82 Å². The third-order valence-corrected chi connectivity index (χ3v) is 6.29. The summed E-state index contributed by atoms with van der Waals surface area (Å²) in [4.78, 5) is 25.8. The molecule has 0 spiro atoms. The normalized spacial score (nSPS) is 15.5. The summed E-state index contributed by atoms with van der Waals surface area (Å²) in [6, 6.07) is 9.94. The molecule has 0 aliphatic carbocycles. The molecule has 0 atom stereocenters. The summed E-state index contributed by atoms with van der Waals surface area (Å²) in [5, 5.41) is 5.76. The van der Waals surface area contributed by atoms with Crippen molar-refractivity contribution in [3.8, 4) is 5.82 Å². The first-order chi connectivity index (χ1) is 15.2. The first-order valence-electron chi connectivity index (χ1n) is 10.5. The van der Waals surface area contributed by atoms with Gasteiger partial charge in [-0.3, -0.25) is 4.79 Å². The molecule has 0 saturated carbocycles. The number of H-pyrrole nitrogens is 1. The Morgan fingerprint density at radius 1 is 1.10 bits per heavy atom. The van der Waals surface area contributed by atoms with E-state index in [4.69, 9.17) is 11.6 Å². The summed E-state index contributed by atoms with van der Waals surface area (Å²) >= 11 is 6.01. The molecule has 3 aromatic heterocycles. The monoisotopic (exact) mass is 434 g/mol. The van der Waals surface area contributed by atoms with Crippen LogP contribution in [-0.4, -0.2) is 49.3 Å². The maximum atomic E-state index is 12.0. The van der Waals surface area contributed by atoms with E-state index in [1.54, 1.807) is 16.9 Å². The lowest BCUT2D eigenvalue weighted by Gasteiger charge is -2.32. The first-order valence-corrected chi connectivity index (χ1v) is 10.9. The highest BCUT2D eigenvalue weighted by Crippen LogP contribution is 2.28. The van der Waals surface area contributed by atoms with Gasteiger partial charge in [0.25, 0.3) is 5.56 Å². The van der Waals surface area contributed by atoms with Gasteiger partial charge < -0.3 is 9.88 Å². The quantitative estimate of drug-likeness (QED) is 0.519. The third kappa shape index (κ3) is 4.24. The predicted octanol–water partition coefficient (Wildman–Crippen LogP) is 3.58. The van der Waals surface area contributed by atoms with Crippen LogP contribution in [0.3, 0.4) is 0 Å². The van der Waals surface area contributed by atoms with Crippen molar-refractivity contribution in [1.29, 1.82) is 0 Å². The van der Waals surface area contributed by atoms with Crippen LogP contribution >= 0.6 is 11.6 Å². The van der Waals surface area contributed by atoms with E-state index in [9.17, 15) is 4.79 Å². The van der Waals surface area contributed by atoms with E-state index in [2.05, 4.69) is 37.1 Å². The number of hydrogen-bond donors (Lipinski definition) is 1. The zero-order valence-electron chi connectivity index (χ0n) is 17.0. The maximum absolute atomic E-state index is 12.0. The van der Waals surface area contributed by atoms with Crippen molar-refractivity contribution in [2.75, 3.05) is 19.6 Å². The van der Waals surface area contributed by atoms with Gasteiger partial charge in [0.1, 0.15) is 5.52 Å². The second-order valence-electron chi connectivity index (χ2n) is 7.97. The molecule has 0 bridgehead atoms. The van der Waals surface area contributed by atoms with Crippen LogP contribution in [0.15, 0.2) is 60.0 Å². The fourth-order valence-electron chi connectivity index (χ4n) is 4.27. The molecular weight excluding hydrogens is 412 g/mol. The maximum Gasteiger partial charge on any atom is 0.258 e. The summed E-state index contributed by atoms with van der Waals surface area (Å²) in [6.45, 7) is 3.19. The van der Waals surface area contributed by atoms with E-state index in [0.717, 1.165) is 36.6 Å². The van der Waals surface area contributed by atoms with Gasteiger partial charge in [-0.1, -0.05) is 23.7 Å². The molecule has 0 radical (unpaired) electrons. The van der Waals surface area contributed by atoms with Crippen molar-refractivity contribution in [3.63, 3.8) is 0 Å². The number of benzene rings is 1. The lowest BCUT2D eigenvalue weighted by Crippen LogP contribution is -2.34. The smallest absolute Gasteiger partial charge is 0.258 e. The molecule has 31 heavy (non-hydrogen) atoms. The van der Waals surface area contributed by atoms with Gasteiger partial charge in [0.05, 0.1) is 17.9 Å². The summed E-state index contributed by atoms with van der Waals surface area (Å²) in [6.07, 6.45) is 10.1. The zero-order valence-corrected chi connectivity index (χ0v) is 17.8. The predicted molar refractivity (Wildman–Crippen MR) is 121 cm³/mol. The SMILES string of the molecule is O=c1[nH]cnc2c(-n3cc(CCN4CCC(c5ccc(Cl)cc5)CC4)cn3)nccc12. The van der Waals surface area contributed by atoms with Crippen molar-refractivity contribution >= 4 is 22.5 Å². The van der Waals surface area contributed by atoms with E-state index in [0.29, 0.717) is 22.6 Å². The Labute approximate surface area is 184 Å². The van der Waals surface area contributed by atoms with Gasteiger partial charge in [-0.25, -0.2) is 14.6 Å². The van der Waals surface area contributed by atoms with Crippen LogP contribution in [0, 0.1) is 0 Å². The molecule has 7 nitrogen and oxygen atoms in total.